The van der Waals surface area contributed by atoms with Crippen molar-refractivity contribution in [3.05, 3.63) is 106 Å². The van der Waals surface area contributed by atoms with Gasteiger partial charge in [0.1, 0.15) is 5.82 Å². The largest absolute Gasteiger partial charge is 0.332 e. The molecule has 0 saturated carbocycles. The smallest absolute Gasteiger partial charge is 0.261 e. The third-order valence-electron chi connectivity index (χ3n) is 6.17. The first-order valence-corrected chi connectivity index (χ1v) is 10.6. The van der Waals surface area contributed by atoms with E-state index in [1.165, 1.54) is 23.1 Å². The third kappa shape index (κ3) is 3.47. The molecule has 1 atom stereocenters. The highest BCUT2D eigenvalue weighted by atomic mass is 19.1. The van der Waals surface area contributed by atoms with E-state index in [1.807, 2.05) is 30.3 Å². The Labute approximate surface area is 185 Å². The van der Waals surface area contributed by atoms with Crippen LogP contribution in [0, 0.1) is 5.82 Å². The third-order valence-corrected chi connectivity index (χ3v) is 6.17. The molecule has 1 saturated heterocycles. The Balaban J connectivity index is 1.40. The van der Waals surface area contributed by atoms with Gasteiger partial charge in [-0.3, -0.25) is 19.3 Å². The van der Waals surface area contributed by atoms with Crippen LogP contribution < -0.4 is 0 Å². The van der Waals surface area contributed by atoms with Crippen LogP contribution in [0.1, 0.15) is 61.1 Å². The molecule has 2 heterocycles. The zero-order valence-corrected chi connectivity index (χ0v) is 17.3. The number of hydrogen-bond acceptors (Lipinski definition) is 3. The second-order valence-electron chi connectivity index (χ2n) is 8.15. The predicted octanol–water partition coefficient (Wildman–Crippen LogP) is 4.60. The molecule has 1 unspecified atom stereocenters. The molecule has 6 heteroatoms. The van der Waals surface area contributed by atoms with Crippen LogP contribution in [-0.4, -0.2) is 34.1 Å². The van der Waals surface area contributed by atoms with Crippen LogP contribution in [0.5, 0.6) is 0 Å². The summed E-state index contributed by atoms with van der Waals surface area (Å²) in [5, 5.41) is 0. The standard InChI is InChI=1S/C26H21FN2O3/c27-20-11-8-18(9-12-20)23-7-4-14-28(23)24(30)19-10-13-21-22(15-19)26(32)29(25(21)31)16-17-5-2-1-3-6-17/h1-3,5-6,8-13,15,23H,4,7,14,16H2. The van der Waals surface area contributed by atoms with Crippen LogP contribution in [0.3, 0.4) is 0 Å². The van der Waals surface area contributed by atoms with Gasteiger partial charge in [-0.05, 0) is 54.3 Å². The Hall–Kier alpha value is -3.80. The zero-order chi connectivity index (χ0) is 22.2. The van der Waals surface area contributed by atoms with Crippen LogP contribution in [0.4, 0.5) is 4.39 Å². The van der Waals surface area contributed by atoms with E-state index >= 15 is 0 Å². The van der Waals surface area contributed by atoms with Crippen molar-refractivity contribution in [2.24, 2.45) is 0 Å². The van der Waals surface area contributed by atoms with Gasteiger partial charge in [0.2, 0.25) is 0 Å². The minimum Gasteiger partial charge on any atom is -0.332 e. The van der Waals surface area contributed by atoms with E-state index in [0.717, 1.165) is 24.0 Å². The molecule has 0 N–H and O–H groups in total. The summed E-state index contributed by atoms with van der Waals surface area (Å²) in [6.45, 7) is 0.778. The molecule has 3 amide bonds. The first-order valence-electron chi connectivity index (χ1n) is 10.6. The molecule has 5 nitrogen and oxygen atoms in total. The van der Waals surface area contributed by atoms with Crippen molar-refractivity contribution in [2.45, 2.75) is 25.4 Å². The summed E-state index contributed by atoms with van der Waals surface area (Å²) in [4.78, 5) is 42.0. The van der Waals surface area contributed by atoms with Gasteiger partial charge in [-0.25, -0.2) is 4.39 Å². The summed E-state index contributed by atoms with van der Waals surface area (Å²) in [5.74, 6) is -1.24. The van der Waals surface area contributed by atoms with Crippen molar-refractivity contribution in [1.82, 2.24) is 9.80 Å². The number of carbonyl (C=O) groups excluding carboxylic acids is 3. The highest BCUT2D eigenvalue weighted by Gasteiger charge is 2.37. The summed E-state index contributed by atoms with van der Waals surface area (Å²) in [6, 6.07) is 20.1. The number of nitrogens with zero attached hydrogens (tertiary/aromatic N) is 2. The fourth-order valence-electron chi connectivity index (χ4n) is 4.54. The van der Waals surface area contributed by atoms with E-state index in [4.69, 9.17) is 0 Å². The van der Waals surface area contributed by atoms with Crippen LogP contribution in [-0.2, 0) is 6.54 Å². The minimum absolute atomic E-state index is 0.136. The van der Waals surface area contributed by atoms with Gasteiger partial charge in [0, 0.05) is 12.1 Å². The summed E-state index contributed by atoms with van der Waals surface area (Å²) < 4.78 is 13.3. The van der Waals surface area contributed by atoms with Crippen molar-refractivity contribution in [1.29, 1.82) is 0 Å². The Morgan fingerprint density at radius 2 is 1.62 bits per heavy atom. The summed E-state index contributed by atoms with van der Waals surface area (Å²) >= 11 is 0. The monoisotopic (exact) mass is 428 g/mol. The van der Waals surface area contributed by atoms with Crippen LogP contribution >= 0.6 is 0 Å². The highest BCUT2D eigenvalue weighted by molar-refractivity contribution is 6.22. The number of carbonyl (C=O) groups is 3. The normalized spacial score (nSPS) is 17.7. The van der Waals surface area contributed by atoms with Gasteiger partial charge in [0.05, 0.1) is 23.7 Å². The Morgan fingerprint density at radius 1 is 0.906 bits per heavy atom. The van der Waals surface area contributed by atoms with Crippen LogP contribution in [0.25, 0.3) is 0 Å². The molecule has 2 aliphatic rings. The van der Waals surface area contributed by atoms with Crippen molar-refractivity contribution < 1.29 is 18.8 Å². The van der Waals surface area contributed by atoms with E-state index in [2.05, 4.69) is 0 Å². The molecule has 0 radical (unpaired) electrons. The second kappa shape index (κ2) is 8.04. The number of amides is 3. The molecule has 2 aliphatic heterocycles. The quantitative estimate of drug-likeness (QED) is 0.571. The maximum atomic E-state index is 13.3. The lowest BCUT2D eigenvalue weighted by Crippen LogP contribution is -2.30. The molecule has 3 aromatic carbocycles. The Kier molecular flexibility index (Phi) is 5.05. The summed E-state index contributed by atoms with van der Waals surface area (Å²) in [5.41, 5.74) is 2.70. The molecule has 5 rings (SSSR count). The molecule has 32 heavy (non-hydrogen) atoms. The number of fused-ring (bicyclic) bond motifs is 1. The predicted molar refractivity (Wildman–Crippen MR) is 116 cm³/mol. The number of rotatable bonds is 4. The van der Waals surface area contributed by atoms with E-state index in [0.29, 0.717) is 17.7 Å². The van der Waals surface area contributed by atoms with Crippen molar-refractivity contribution in [3.8, 4) is 0 Å². The van der Waals surface area contributed by atoms with Crippen LogP contribution in [0.15, 0.2) is 72.8 Å². The molecule has 3 aromatic rings. The maximum absolute atomic E-state index is 13.3. The van der Waals surface area contributed by atoms with Crippen molar-refractivity contribution in [3.63, 3.8) is 0 Å². The number of imide groups is 1. The molecule has 0 bridgehead atoms. The lowest BCUT2D eigenvalue weighted by molar-refractivity contribution is 0.0641. The molecule has 0 aromatic heterocycles. The molecule has 160 valence electrons. The van der Waals surface area contributed by atoms with Crippen molar-refractivity contribution in [2.75, 3.05) is 6.54 Å². The average molecular weight is 428 g/mol. The lowest BCUT2D eigenvalue weighted by Gasteiger charge is -2.25. The summed E-state index contributed by atoms with van der Waals surface area (Å²) in [7, 11) is 0. The van der Waals surface area contributed by atoms with Gasteiger partial charge in [0.15, 0.2) is 0 Å². The molecule has 0 spiro atoms. The number of likely N-dealkylation sites (tertiary alicyclic amines) is 1. The van der Waals surface area contributed by atoms with E-state index in [9.17, 15) is 18.8 Å². The maximum Gasteiger partial charge on any atom is 0.261 e. The van der Waals surface area contributed by atoms with Crippen molar-refractivity contribution >= 4 is 17.7 Å². The van der Waals surface area contributed by atoms with Gasteiger partial charge in [0.25, 0.3) is 17.7 Å². The Bertz CT molecular complexity index is 1210. The zero-order valence-electron chi connectivity index (χ0n) is 17.3. The fourth-order valence-corrected chi connectivity index (χ4v) is 4.54. The van der Waals surface area contributed by atoms with Gasteiger partial charge >= 0.3 is 0 Å². The first-order chi connectivity index (χ1) is 15.5. The Morgan fingerprint density at radius 3 is 2.38 bits per heavy atom. The van der Waals surface area contributed by atoms with Crippen LogP contribution in [0.2, 0.25) is 0 Å². The fraction of sp³-hybridized carbons (Fsp3) is 0.192. The SMILES string of the molecule is O=C1c2ccc(C(=O)N3CCCC3c3ccc(F)cc3)cc2C(=O)N1Cc1ccccc1. The molecule has 0 aliphatic carbocycles. The average Bonchev–Trinajstić information content (AvgIpc) is 3.39. The lowest BCUT2D eigenvalue weighted by atomic mass is 10.0. The number of hydrogen-bond donors (Lipinski definition) is 0. The van der Waals surface area contributed by atoms with Gasteiger partial charge < -0.3 is 4.90 Å². The summed E-state index contributed by atoms with van der Waals surface area (Å²) in [6.07, 6.45) is 1.64. The van der Waals surface area contributed by atoms with Gasteiger partial charge in [-0.2, -0.15) is 0 Å². The first kappa shape index (κ1) is 20.1. The molecular weight excluding hydrogens is 407 g/mol. The second-order valence-corrected chi connectivity index (χ2v) is 8.15. The van der Waals surface area contributed by atoms with E-state index in [-0.39, 0.29) is 41.7 Å². The minimum atomic E-state index is -0.389. The molecular formula is C26H21FN2O3. The van der Waals surface area contributed by atoms with E-state index in [1.54, 1.807) is 29.2 Å². The molecule has 1 fully saturated rings. The number of benzene rings is 3. The topological polar surface area (TPSA) is 57.7 Å². The van der Waals surface area contributed by atoms with Gasteiger partial charge in [-0.15, -0.1) is 0 Å². The van der Waals surface area contributed by atoms with E-state index < -0.39 is 0 Å². The highest BCUT2D eigenvalue weighted by Crippen LogP contribution is 2.34. The number of halogens is 1. The van der Waals surface area contributed by atoms with Gasteiger partial charge in [-0.1, -0.05) is 42.5 Å².